The molecule has 0 bridgehead atoms. The monoisotopic (exact) mass is 407 g/mol. The fourth-order valence-corrected chi connectivity index (χ4v) is 5.65. The Hall–Kier alpha value is -1.44. The van der Waals surface area contributed by atoms with Crippen molar-refractivity contribution in [3.8, 4) is 0 Å². The second kappa shape index (κ2) is 7.76. The molecule has 1 aromatic carbocycles. The van der Waals surface area contributed by atoms with E-state index in [1.165, 1.54) is 5.56 Å². The van der Waals surface area contributed by atoms with Crippen LogP contribution in [0.1, 0.15) is 56.4 Å². The number of benzene rings is 1. The fraction of sp³-hybridized carbons (Fsp3) is 0.667. The van der Waals surface area contributed by atoms with Crippen molar-refractivity contribution >= 4 is 21.7 Å². The van der Waals surface area contributed by atoms with Gasteiger partial charge in [-0.25, -0.2) is 0 Å². The Bertz CT molecular complexity index is 806. The van der Waals surface area contributed by atoms with Crippen molar-refractivity contribution in [2.24, 2.45) is 5.41 Å². The van der Waals surface area contributed by atoms with Crippen molar-refractivity contribution in [1.29, 1.82) is 0 Å². The molecule has 2 saturated heterocycles. The molecule has 6 nitrogen and oxygen atoms in total. The molecule has 0 unspecified atom stereocenters. The first-order valence-electron chi connectivity index (χ1n) is 10.2. The van der Waals surface area contributed by atoms with Gasteiger partial charge in [0.05, 0.1) is 17.8 Å². The Labute approximate surface area is 167 Å². The molecule has 154 valence electrons. The highest BCUT2D eigenvalue weighted by Crippen LogP contribution is 2.43. The zero-order valence-electron chi connectivity index (χ0n) is 16.4. The van der Waals surface area contributed by atoms with Crippen LogP contribution in [0.3, 0.4) is 0 Å². The van der Waals surface area contributed by atoms with E-state index in [4.69, 9.17) is 8.92 Å². The van der Waals surface area contributed by atoms with Crippen LogP contribution >= 0.6 is 0 Å². The number of hydrogen-bond donors (Lipinski definition) is 0. The van der Waals surface area contributed by atoms with Crippen LogP contribution in [-0.4, -0.2) is 46.4 Å². The van der Waals surface area contributed by atoms with Gasteiger partial charge in [-0.3, -0.25) is 8.98 Å². The van der Waals surface area contributed by atoms with Gasteiger partial charge in [0, 0.05) is 25.4 Å². The molecular weight excluding hydrogens is 378 g/mol. The standard InChI is InChI=1S/C21H29NO5S/c1-28(24,25)27-19-8-4-17(5-9-19)16-2-6-18(7-3-16)22-13-10-21(20(22)23)11-14-26-15-12-21/h2-3,6-7,17,19H,4-5,8-15H2,1H3. The van der Waals surface area contributed by atoms with Crippen LogP contribution in [0.15, 0.2) is 24.3 Å². The van der Waals surface area contributed by atoms with Gasteiger partial charge in [-0.1, -0.05) is 12.1 Å². The molecule has 1 aromatic rings. The maximum Gasteiger partial charge on any atom is 0.264 e. The summed E-state index contributed by atoms with van der Waals surface area (Å²) in [5.41, 5.74) is 2.02. The van der Waals surface area contributed by atoms with E-state index < -0.39 is 10.1 Å². The summed E-state index contributed by atoms with van der Waals surface area (Å²) >= 11 is 0. The van der Waals surface area contributed by atoms with Crippen molar-refractivity contribution in [3.63, 3.8) is 0 Å². The molecule has 7 heteroatoms. The number of amides is 1. The number of rotatable bonds is 4. The fourth-order valence-electron chi connectivity index (χ4n) is 4.96. The summed E-state index contributed by atoms with van der Waals surface area (Å²) in [6.45, 7) is 2.15. The quantitative estimate of drug-likeness (QED) is 0.717. The summed E-state index contributed by atoms with van der Waals surface area (Å²) < 4.78 is 33.2. The highest BCUT2D eigenvalue weighted by Gasteiger charge is 2.47. The summed E-state index contributed by atoms with van der Waals surface area (Å²) in [6.07, 6.45) is 6.87. The smallest absolute Gasteiger partial charge is 0.264 e. The van der Waals surface area contributed by atoms with Crippen molar-refractivity contribution < 1.29 is 22.1 Å². The van der Waals surface area contributed by atoms with Crippen molar-refractivity contribution in [2.45, 2.75) is 57.0 Å². The van der Waals surface area contributed by atoms with E-state index in [9.17, 15) is 13.2 Å². The largest absolute Gasteiger partial charge is 0.381 e. The van der Waals surface area contributed by atoms with Crippen molar-refractivity contribution in [3.05, 3.63) is 29.8 Å². The molecule has 0 atom stereocenters. The van der Waals surface area contributed by atoms with Crippen LogP contribution in [-0.2, 0) is 23.8 Å². The van der Waals surface area contributed by atoms with Crippen molar-refractivity contribution in [2.75, 3.05) is 30.9 Å². The predicted molar refractivity (Wildman–Crippen MR) is 107 cm³/mol. The minimum absolute atomic E-state index is 0.191. The first-order valence-corrected chi connectivity index (χ1v) is 12.1. The number of ether oxygens (including phenoxy) is 1. The van der Waals surface area contributed by atoms with Gasteiger partial charge in [-0.2, -0.15) is 8.42 Å². The number of nitrogens with zero attached hydrogens (tertiary/aromatic N) is 1. The second-order valence-corrected chi connectivity index (χ2v) is 10.1. The number of anilines is 1. The SMILES string of the molecule is CS(=O)(=O)OC1CCC(c2ccc(N3CCC4(CCOCC4)C3=O)cc2)CC1. The van der Waals surface area contributed by atoms with Crippen LogP contribution in [0.2, 0.25) is 0 Å². The molecule has 1 spiro atoms. The van der Waals surface area contributed by atoms with Crippen molar-refractivity contribution in [1.82, 2.24) is 0 Å². The van der Waals surface area contributed by atoms with Gasteiger partial charge in [-0.15, -0.1) is 0 Å². The van der Waals surface area contributed by atoms with E-state index in [0.29, 0.717) is 19.1 Å². The Morgan fingerprint density at radius 1 is 1.04 bits per heavy atom. The van der Waals surface area contributed by atoms with Crippen LogP contribution < -0.4 is 4.90 Å². The van der Waals surface area contributed by atoms with Gasteiger partial charge < -0.3 is 9.64 Å². The normalized spacial score (nSPS) is 28.0. The molecule has 1 saturated carbocycles. The Morgan fingerprint density at radius 3 is 2.29 bits per heavy atom. The minimum Gasteiger partial charge on any atom is -0.381 e. The van der Waals surface area contributed by atoms with Gasteiger partial charge in [0.15, 0.2) is 0 Å². The molecule has 28 heavy (non-hydrogen) atoms. The number of hydrogen-bond acceptors (Lipinski definition) is 5. The Kier molecular flexibility index (Phi) is 5.51. The molecule has 1 amide bonds. The van der Waals surface area contributed by atoms with Gasteiger partial charge in [0.1, 0.15) is 0 Å². The average molecular weight is 408 g/mol. The molecule has 2 aliphatic heterocycles. The first kappa shape index (κ1) is 19.9. The molecule has 3 fully saturated rings. The topological polar surface area (TPSA) is 72.9 Å². The van der Waals surface area contributed by atoms with E-state index >= 15 is 0 Å². The summed E-state index contributed by atoms with van der Waals surface area (Å²) in [7, 11) is -3.38. The zero-order valence-corrected chi connectivity index (χ0v) is 17.2. The number of carbonyl (C=O) groups is 1. The summed E-state index contributed by atoms with van der Waals surface area (Å²) in [6, 6.07) is 8.37. The highest BCUT2D eigenvalue weighted by molar-refractivity contribution is 7.86. The molecule has 3 aliphatic rings. The Morgan fingerprint density at radius 2 is 1.68 bits per heavy atom. The lowest BCUT2D eigenvalue weighted by Crippen LogP contribution is -2.38. The van der Waals surface area contributed by atoms with Crippen LogP contribution in [0.4, 0.5) is 5.69 Å². The van der Waals surface area contributed by atoms with Gasteiger partial charge in [0.2, 0.25) is 5.91 Å². The molecule has 0 aromatic heterocycles. The maximum absolute atomic E-state index is 13.0. The van der Waals surface area contributed by atoms with E-state index in [1.807, 2.05) is 4.90 Å². The van der Waals surface area contributed by atoms with E-state index in [1.54, 1.807) is 0 Å². The minimum atomic E-state index is -3.38. The lowest BCUT2D eigenvalue weighted by molar-refractivity contribution is -0.130. The average Bonchev–Trinajstić information content (AvgIpc) is 2.98. The Balaban J connectivity index is 1.38. The third-order valence-corrected chi connectivity index (χ3v) is 7.25. The second-order valence-electron chi connectivity index (χ2n) is 8.47. The zero-order chi connectivity index (χ0) is 19.8. The van der Waals surface area contributed by atoms with E-state index in [2.05, 4.69) is 24.3 Å². The van der Waals surface area contributed by atoms with Crippen LogP contribution in [0.5, 0.6) is 0 Å². The van der Waals surface area contributed by atoms with Crippen LogP contribution in [0, 0.1) is 5.41 Å². The molecule has 0 N–H and O–H groups in total. The highest BCUT2D eigenvalue weighted by atomic mass is 32.2. The molecule has 2 heterocycles. The lowest BCUT2D eigenvalue weighted by atomic mass is 9.79. The third kappa shape index (κ3) is 4.11. The summed E-state index contributed by atoms with van der Waals surface area (Å²) in [5, 5.41) is 0. The molecule has 0 radical (unpaired) electrons. The van der Waals surface area contributed by atoms with Gasteiger partial charge in [0.25, 0.3) is 10.1 Å². The van der Waals surface area contributed by atoms with E-state index in [0.717, 1.165) is 63.4 Å². The predicted octanol–water partition coefficient (Wildman–Crippen LogP) is 3.22. The van der Waals surface area contributed by atoms with Gasteiger partial charge >= 0.3 is 0 Å². The molecular formula is C21H29NO5S. The third-order valence-electron chi connectivity index (χ3n) is 6.62. The first-order chi connectivity index (χ1) is 13.4. The van der Waals surface area contributed by atoms with Gasteiger partial charge in [-0.05, 0) is 68.6 Å². The van der Waals surface area contributed by atoms with E-state index in [-0.39, 0.29) is 17.4 Å². The maximum atomic E-state index is 13.0. The molecule has 1 aliphatic carbocycles. The lowest BCUT2D eigenvalue weighted by Gasteiger charge is -2.31. The summed E-state index contributed by atoms with van der Waals surface area (Å²) in [5.74, 6) is 0.673. The molecule has 4 rings (SSSR count). The van der Waals surface area contributed by atoms with Crippen LogP contribution in [0.25, 0.3) is 0 Å². The summed E-state index contributed by atoms with van der Waals surface area (Å²) in [4.78, 5) is 15.0. The number of carbonyl (C=O) groups excluding carboxylic acids is 1.